The summed E-state index contributed by atoms with van der Waals surface area (Å²) in [5, 5.41) is 2.06. The molecule has 158 valence electrons. The largest absolute Gasteiger partial charge is 0.423 e. The zero-order valence-electron chi connectivity index (χ0n) is 17.4. The van der Waals surface area contributed by atoms with E-state index in [0.29, 0.717) is 12.2 Å². The summed E-state index contributed by atoms with van der Waals surface area (Å²) >= 11 is 3.37. The molecule has 0 aliphatic carbocycles. The molecule has 4 aromatic carbocycles. The minimum Gasteiger partial charge on any atom is -0.423 e. The Labute approximate surface area is 196 Å². The first-order chi connectivity index (χ1) is 15.8. The fourth-order valence-corrected chi connectivity index (χ4v) is 6.25. The van der Waals surface area contributed by atoms with Gasteiger partial charge in [0.2, 0.25) is 0 Å². The molecule has 2 nitrogen and oxygen atoms in total. The maximum Gasteiger partial charge on any atom is 0.325 e. The second-order valence-corrected chi connectivity index (χ2v) is 10.1. The van der Waals surface area contributed by atoms with E-state index in [4.69, 9.17) is 4.74 Å². The van der Waals surface area contributed by atoms with Crippen molar-refractivity contribution >= 4 is 46.0 Å². The first-order valence-corrected chi connectivity index (χ1v) is 12.5. The lowest BCUT2D eigenvalue weighted by atomic mass is 10.1. The molecule has 0 saturated carbocycles. The number of ether oxygens (including phenoxy) is 1. The van der Waals surface area contributed by atoms with Gasteiger partial charge >= 0.3 is 5.97 Å². The highest BCUT2D eigenvalue weighted by Crippen LogP contribution is 2.45. The summed E-state index contributed by atoms with van der Waals surface area (Å²) in [6.45, 7) is 0. The monoisotopic (exact) mass is 454 g/mol. The fraction of sp³-hybridized carbons (Fsp3) is 0.107. The zero-order valence-corrected chi connectivity index (χ0v) is 19.1. The number of carbonyl (C=O) groups excluding carboxylic acids is 1. The van der Waals surface area contributed by atoms with Gasteiger partial charge in [-0.1, -0.05) is 109 Å². The predicted octanol–water partition coefficient (Wildman–Crippen LogP) is 7.30. The lowest BCUT2D eigenvalue weighted by Gasteiger charge is -2.26. The van der Waals surface area contributed by atoms with E-state index in [1.165, 1.54) is 10.9 Å². The summed E-state index contributed by atoms with van der Waals surface area (Å²) < 4.78 is 7.07. The van der Waals surface area contributed by atoms with Gasteiger partial charge < -0.3 is 4.74 Å². The van der Waals surface area contributed by atoms with Crippen molar-refractivity contribution in [1.29, 1.82) is 0 Å². The summed E-state index contributed by atoms with van der Waals surface area (Å²) in [6.07, 6.45) is 0.657. The van der Waals surface area contributed by atoms with Crippen molar-refractivity contribution < 1.29 is 9.53 Å². The van der Waals surface area contributed by atoms with Crippen LogP contribution in [0.5, 0.6) is 0 Å². The van der Waals surface area contributed by atoms with Crippen molar-refractivity contribution in [1.82, 2.24) is 0 Å². The Balaban J connectivity index is 1.48. The van der Waals surface area contributed by atoms with Gasteiger partial charge in [0, 0.05) is 11.3 Å². The summed E-state index contributed by atoms with van der Waals surface area (Å²) in [7, 11) is 0. The van der Waals surface area contributed by atoms with Crippen LogP contribution in [0.3, 0.4) is 0 Å². The van der Waals surface area contributed by atoms with Crippen molar-refractivity contribution in [2.75, 3.05) is 0 Å². The van der Waals surface area contributed by atoms with Gasteiger partial charge in [0.05, 0.1) is 4.24 Å². The lowest BCUT2D eigenvalue weighted by Crippen LogP contribution is -2.26. The van der Waals surface area contributed by atoms with E-state index in [-0.39, 0.29) is 11.2 Å². The van der Waals surface area contributed by atoms with Crippen LogP contribution in [0.4, 0.5) is 0 Å². The van der Waals surface area contributed by atoms with Gasteiger partial charge in [0.1, 0.15) is 5.25 Å². The first-order valence-electron chi connectivity index (χ1n) is 10.6. The Bertz CT molecular complexity index is 1270. The molecular weight excluding hydrogens is 432 g/mol. The number of cyclic esters (lactones) is 1. The molecule has 0 fully saturated rings. The highest BCUT2D eigenvalue weighted by molar-refractivity contribution is 8.22. The van der Waals surface area contributed by atoms with Crippen LogP contribution in [-0.4, -0.2) is 11.2 Å². The maximum absolute atomic E-state index is 13.0. The standard InChI is InChI=1S/C28H22O2S2/c29-27-25(17-20-9-3-1-4-10-20)32-28(31-19-21-11-5-2-6-12-21)26(30-27)24-16-15-22-13-7-8-14-23(22)18-24/h1-16,18,25H,17,19H2. The minimum absolute atomic E-state index is 0.175. The molecule has 0 bridgehead atoms. The number of fused-ring (bicyclic) bond motifs is 1. The van der Waals surface area contributed by atoms with Gasteiger partial charge in [-0.05, 0) is 34.4 Å². The molecule has 1 atom stereocenters. The molecule has 1 unspecified atom stereocenters. The normalized spacial score (nSPS) is 16.2. The van der Waals surface area contributed by atoms with Crippen LogP contribution in [-0.2, 0) is 21.7 Å². The Hall–Kier alpha value is -2.95. The molecule has 0 N–H and O–H groups in total. The van der Waals surface area contributed by atoms with E-state index in [0.717, 1.165) is 26.5 Å². The number of hydrogen-bond acceptors (Lipinski definition) is 4. The van der Waals surface area contributed by atoms with Crippen molar-refractivity contribution in [3.05, 3.63) is 124 Å². The molecule has 5 rings (SSSR count). The van der Waals surface area contributed by atoms with Gasteiger partial charge in [0.15, 0.2) is 5.76 Å². The van der Waals surface area contributed by atoms with E-state index in [2.05, 4.69) is 60.7 Å². The van der Waals surface area contributed by atoms with Crippen LogP contribution in [0.2, 0.25) is 0 Å². The number of esters is 1. The van der Waals surface area contributed by atoms with Gasteiger partial charge in [-0.25, -0.2) is 0 Å². The summed E-state index contributed by atoms with van der Waals surface area (Å²) in [6, 6.07) is 35.0. The molecule has 0 saturated heterocycles. The molecule has 0 aromatic heterocycles. The van der Waals surface area contributed by atoms with Gasteiger partial charge in [-0.3, -0.25) is 4.79 Å². The minimum atomic E-state index is -0.250. The predicted molar refractivity (Wildman–Crippen MR) is 136 cm³/mol. The van der Waals surface area contributed by atoms with E-state index in [1.54, 1.807) is 23.5 Å². The zero-order chi connectivity index (χ0) is 21.8. The lowest BCUT2D eigenvalue weighted by molar-refractivity contribution is -0.136. The van der Waals surface area contributed by atoms with Crippen molar-refractivity contribution in [3.63, 3.8) is 0 Å². The molecule has 32 heavy (non-hydrogen) atoms. The third kappa shape index (κ3) is 4.77. The summed E-state index contributed by atoms with van der Waals surface area (Å²) in [5.74, 6) is 1.33. The van der Waals surface area contributed by atoms with Crippen molar-refractivity contribution in [2.24, 2.45) is 0 Å². The van der Waals surface area contributed by atoms with Crippen LogP contribution in [0.15, 0.2) is 107 Å². The van der Waals surface area contributed by atoms with Crippen LogP contribution < -0.4 is 0 Å². The van der Waals surface area contributed by atoms with Crippen molar-refractivity contribution in [3.8, 4) is 0 Å². The summed E-state index contributed by atoms with van der Waals surface area (Å²) in [4.78, 5) is 13.0. The van der Waals surface area contributed by atoms with Crippen LogP contribution in [0.25, 0.3) is 16.5 Å². The van der Waals surface area contributed by atoms with E-state index >= 15 is 0 Å². The quantitative estimate of drug-likeness (QED) is 0.286. The van der Waals surface area contributed by atoms with Gasteiger partial charge in [0.25, 0.3) is 0 Å². The molecular formula is C28H22O2S2. The second kappa shape index (κ2) is 9.68. The van der Waals surface area contributed by atoms with Gasteiger partial charge in [-0.2, -0.15) is 0 Å². The first kappa shape index (κ1) is 20.9. The average molecular weight is 455 g/mol. The molecule has 4 heteroatoms. The SMILES string of the molecule is O=C1OC(c2ccc3ccccc3c2)=C(SCc2ccccc2)SC1Cc1ccccc1. The molecule has 4 aromatic rings. The average Bonchev–Trinajstić information content (AvgIpc) is 2.85. The number of rotatable bonds is 6. The molecule has 0 spiro atoms. The smallest absolute Gasteiger partial charge is 0.325 e. The third-order valence-electron chi connectivity index (χ3n) is 5.39. The number of thioether (sulfide) groups is 2. The van der Waals surface area contributed by atoms with Crippen LogP contribution >= 0.6 is 23.5 Å². The number of benzene rings is 4. The van der Waals surface area contributed by atoms with Crippen molar-refractivity contribution in [2.45, 2.75) is 17.4 Å². The molecule has 1 aliphatic heterocycles. The van der Waals surface area contributed by atoms with E-state index in [9.17, 15) is 4.79 Å². The molecule has 0 amide bonds. The van der Waals surface area contributed by atoms with E-state index in [1.807, 2.05) is 42.5 Å². The Kier molecular flexibility index (Phi) is 6.33. The Morgan fingerprint density at radius 2 is 1.41 bits per heavy atom. The third-order valence-corrected chi connectivity index (χ3v) is 8.00. The number of carbonyl (C=O) groups is 1. The van der Waals surface area contributed by atoms with Crippen LogP contribution in [0.1, 0.15) is 16.7 Å². The fourth-order valence-electron chi connectivity index (χ4n) is 3.72. The van der Waals surface area contributed by atoms with E-state index < -0.39 is 0 Å². The maximum atomic E-state index is 13.0. The summed E-state index contributed by atoms with van der Waals surface area (Å²) in [5.41, 5.74) is 3.33. The Morgan fingerprint density at radius 3 is 2.16 bits per heavy atom. The second-order valence-electron chi connectivity index (χ2n) is 7.67. The topological polar surface area (TPSA) is 26.3 Å². The molecule has 1 heterocycles. The molecule has 1 aliphatic rings. The Morgan fingerprint density at radius 1 is 0.750 bits per heavy atom. The van der Waals surface area contributed by atoms with Crippen LogP contribution in [0, 0.1) is 0 Å². The highest BCUT2D eigenvalue weighted by Gasteiger charge is 2.32. The van der Waals surface area contributed by atoms with Gasteiger partial charge in [-0.15, -0.1) is 11.8 Å². The number of hydrogen-bond donors (Lipinski definition) is 0. The highest BCUT2D eigenvalue weighted by atomic mass is 32.2. The molecule has 0 radical (unpaired) electrons.